The van der Waals surface area contributed by atoms with E-state index in [-0.39, 0.29) is 0 Å². The third-order valence-electron chi connectivity index (χ3n) is 1.93. The molecule has 0 fully saturated rings. The Hall–Kier alpha value is -1.94. The molecule has 1 aromatic rings. The van der Waals surface area contributed by atoms with Crippen molar-refractivity contribution in [2.24, 2.45) is 0 Å². The van der Waals surface area contributed by atoms with Crippen LogP contribution in [0.5, 0.6) is 0 Å². The molecule has 0 aromatic heterocycles. The highest BCUT2D eigenvalue weighted by Gasteiger charge is 1.99. The quantitative estimate of drug-likeness (QED) is 0.440. The molecule has 0 radical (unpaired) electrons. The molecule has 1 nitrogen and oxygen atoms in total. The van der Waals surface area contributed by atoms with Gasteiger partial charge in [0.25, 0.3) is 0 Å². The summed E-state index contributed by atoms with van der Waals surface area (Å²) < 4.78 is 0. The number of rotatable bonds is 2. The van der Waals surface area contributed by atoms with E-state index >= 15 is 0 Å². The summed E-state index contributed by atoms with van der Waals surface area (Å²) in [7, 11) is 0. The number of hydrogen-bond donors (Lipinski definition) is 1. The van der Waals surface area contributed by atoms with E-state index < -0.39 is 0 Å². The van der Waals surface area contributed by atoms with Gasteiger partial charge in [0, 0.05) is 11.3 Å². The van der Waals surface area contributed by atoms with Crippen LogP contribution in [-0.4, -0.2) is 0 Å². The predicted molar refractivity (Wildman–Crippen MR) is 69.2 cm³/mol. The monoisotopic (exact) mass is 199 g/mol. The van der Waals surface area contributed by atoms with Crippen LogP contribution in [0.2, 0.25) is 0 Å². The first-order valence-electron chi connectivity index (χ1n) is 4.76. The van der Waals surface area contributed by atoms with E-state index in [2.05, 4.69) is 25.0 Å². The molecular formula is C14H17N. The molecule has 0 aliphatic carbocycles. The fourth-order valence-corrected chi connectivity index (χ4v) is 1.28. The van der Waals surface area contributed by atoms with Gasteiger partial charge in [0.15, 0.2) is 0 Å². The van der Waals surface area contributed by atoms with Gasteiger partial charge in [0.1, 0.15) is 0 Å². The van der Waals surface area contributed by atoms with Gasteiger partial charge in [-0.05, 0) is 25.5 Å². The normalized spacial score (nSPS) is 10.8. The molecular weight excluding hydrogens is 182 g/mol. The highest BCUT2D eigenvalue weighted by molar-refractivity contribution is 5.80. The van der Waals surface area contributed by atoms with E-state index in [1.807, 2.05) is 44.2 Å². The van der Waals surface area contributed by atoms with E-state index in [9.17, 15) is 0 Å². The molecule has 0 aliphatic rings. The van der Waals surface area contributed by atoms with Crippen molar-refractivity contribution in [1.29, 1.82) is 0 Å². The van der Waals surface area contributed by atoms with Crippen LogP contribution in [0, 0.1) is 12.8 Å². The van der Waals surface area contributed by atoms with Gasteiger partial charge < -0.3 is 5.73 Å². The number of terminal acetylenes is 1. The number of hydrogen-bond acceptors (Lipinski definition) is 1. The van der Waals surface area contributed by atoms with E-state index in [0.29, 0.717) is 0 Å². The summed E-state index contributed by atoms with van der Waals surface area (Å²) in [6.45, 7) is 4.02. The summed E-state index contributed by atoms with van der Waals surface area (Å²) in [6.07, 6.45) is 14.1. The molecule has 0 amide bonds. The molecule has 0 bridgehead atoms. The fourth-order valence-electron chi connectivity index (χ4n) is 1.28. The second-order valence-corrected chi connectivity index (χ2v) is 2.83. The Balaban J connectivity index is 0.000000921. The number of para-hydroxylation sites is 1. The average Bonchev–Trinajstić information content (AvgIpc) is 2.30. The summed E-state index contributed by atoms with van der Waals surface area (Å²) >= 11 is 0. The zero-order valence-corrected chi connectivity index (χ0v) is 9.27. The maximum atomic E-state index is 5.85. The number of anilines is 1. The molecule has 0 aliphatic heterocycles. The maximum absolute atomic E-state index is 5.85. The Morgan fingerprint density at radius 3 is 2.27 bits per heavy atom. The molecule has 1 rings (SSSR count). The van der Waals surface area contributed by atoms with E-state index in [0.717, 1.165) is 11.3 Å². The van der Waals surface area contributed by atoms with Gasteiger partial charge in [0.2, 0.25) is 0 Å². The van der Waals surface area contributed by atoms with E-state index in [4.69, 9.17) is 5.73 Å². The van der Waals surface area contributed by atoms with Crippen LogP contribution in [0.3, 0.4) is 0 Å². The number of nitrogen functional groups attached to an aromatic ring is 1. The van der Waals surface area contributed by atoms with Crippen molar-refractivity contribution in [3.63, 3.8) is 0 Å². The largest absolute Gasteiger partial charge is 0.398 e. The maximum Gasteiger partial charge on any atom is 0.0393 e. The van der Waals surface area contributed by atoms with Gasteiger partial charge in [-0.1, -0.05) is 36.4 Å². The first-order chi connectivity index (χ1) is 7.29. The molecule has 0 unspecified atom stereocenters. The molecule has 1 aromatic carbocycles. The molecule has 1 heteroatoms. The van der Waals surface area contributed by atoms with Crippen molar-refractivity contribution < 1.29 is 0 Å². The Labute approximate surface area is 92.3 Å². The topological polar surface area (TPSA) is 26.0 Å². The van der Waals surface area contributed by atoms with Crippen LogP contribution in [-0.2, 0) is 0 Å². The highest BCUT2D eigenvalue weighted by atomic mass is 14.6. The lowest BCUT2D eigenvalue weighted by atomic mass is 10.0. The molecule has 2 N–H and O–H groups in total. The Morgan fingerprint density at radius 2 is 1.80 bits per heavy atom. The van der Waals surface area contributed by atoms with Gasteiger partial charge in [-0.3, -0.25) is 0 Å². The summed E-state index contributed by atoms with van der Waals surface area (Å²) in [4.78, 5) is 0. The zero-order chi connectivity index (χ0) is 11.7. The number of allylic oxidation sites excluding steroid dienone is 4. The van der Waals surface area contributed by atoms with Gasteiger partial charge in [-0.25, -0.2) is 0 Å². The summed E-state index contributed by atoms with van der Waals surface area (Å²) in [5.41, 5.74) is 8.95. The van der Waals surface area contributed by atoms with E-state index in [1.165, 1.54) is 5.57 Å². The smallest absolute Gasteiger partial charge is 0.0393 e. The lowest BCUT2D eigenvalue weighted by molar-refractivity contribution is 1.57. The first-order valence-corrected chi connectivity index (χ1v) is 4.76. The van der Waals surface area contributed by atoms with Crippen LogP contribution in [0.4, 0.5) is 5.69 Å². The molecule has 0 saturated heterocycles. The van der Waals surface area contributed by atoms with Gasteiger partial charge >= 0.3 is 0 Å². The van der Waals surface area contributed by atoms with Crippen LogP contribution < -0.4 is 5.73 Å². The SMILES string of the molecule is C#C.C/C=C\C(=C/C)c1ccccc1N. The Kier molecular flexibility index (Phi) is 6.50. The van der Waals surface area contributed by atoms with E-state index in [1.54, 1.807) is 0 Å². The van der Waals surface area contributed by atoms with Crippen molar-refractivity contribution in [3.05, 3.63) is 48.1 Å². The summed E-state index contributed by atoms with van der Waals surface area (Å²) in [5.74, 6) is 0. The van der Waals surface area contributed by atoms with Crippen LogP contribution >= 0.6 is 0 Å². The van der Waals surface area contributed by atoms with Crippen molar-refractivity contribution in [3.8, 4) is 12.8 Å². The van der Waals surface area contributed by atoms with Gasteiger partial charge in [0.05, 0.1) is 0 Å². The molecule has 15 heavy (non-hydrogen) atoms. The van der Waals surface area contributed by atoms with Gasteiger partial charge in [-0.15, -0.1) is 12.8 Å². The third kappa shape index (κ3) is 3.74. The van der Waals surface area contributed by atoms with Gasteiger partial charge in [-0.2, -0.15) is 0 Å². The van der Waals surface area contributed by atoms with Crippen molar-refractivity contribution in [1.82, 2.24) is 0 Å². The molecule has 78 valence electrons. The summed E-state index contributed by atoms with van der Waals surface area (Å²) in [6, 6.07) is 7.90. The van der Waals surface area contributed by atoms with Crippen LogP contribution in [0.15, 0.2) is 42.5 Å². The Morgan fingerprint density at radius 1 is 1.20 bits per heavy atom. The minimum Gasteiger partial charge on any atom is -0.398 e. The highest BCUT2D eigenvalue weighted by Crippen LogP contribution is 2.21. The minimum absolute atomic E-state index is 0.828. The zero-order valence-electron chi connectivity index (χ0n) is 9.27. The van der Waals surface area contributed by atoms with Crippen molar-refractivity contribution >= 4 is 11.3 Å². The van der Waals surface area contributed by atoms with Crippen LogP contribution in [0.1, 0.15) is 19.4 Å². The minimum atomic E-state index is 0.828. The predicted octanol–water partition coefficient (Wildman–Crippen LogP) is 3.50. The van der Waals surface area contributed by atoms with Crippen LogP contribution in [0.25, 0.3) is 5.57 Å². The second-order valence-electron chi connectivity index (χ2n) is 2.83. The first kappa shape index (κ1) is 13.1. The molecule has 0 spiro atoms. The lowest BCUT2D eigenvalue weighted by Crippen LogP contribution is -1.91. The molecule has 0 saturated carbocycles. The van der Waals surface area contributed by atoms with Crippen molar-refractivity contribution in [2.45, 2.75) is 13.8 Å². The lowest BCUT2D eigenvalue weighted by Gasteiger charge is -2.05. The third-order valence-corrected chi connectivity index (χ3v) is 1.93. The number of nitrogens with two attached hydrogens (primary N) is 1. The standard InChI is InChI=1S/C12H15N.C2H2/c1-3-7-10(4-2)11-8-5-6-9-12(11)13;1-2/h3-9H,13H2,1-2H3;1-2H/b7-3-,10-4+;. The molecule has 0 heterocycles. The molecule has 0 atom stereocenters. The average molecular weight is 199 g/mol. The van der Waals surface area contributed by atoms with Crippen molar-refractivity contribution in [2.75, 3.05) is 5.73 Å². The Bertz CT molecular complexity index is 370. The second kappa shape index (κ2) is 7.46. The summed E-state index contributed by atoms with van der Waals surface area (Å²) in [5, 5.41) is 0. The number of benzene rings is 1. The fraction of sp³-hybridized carbons (Fsp3) is 0.143.